The number of nitriles is 1. The number of rotatable bonds is 5. The number of hydrogen-bond acceptors (Lipinski definition) is 5. The van der Waals surface area contributed by atoms with Crippen LogP contribution in [0.25, 0.3) is 11.4 Å². The van der Waals surface area contributed by atoms with Crippen LogP contribution >= 0.6 is 0 Å². The van der Waals surface area contributed by atoms with E-state index in [0.717, 1.165) is 5.56 Å². The van der Waals surface area contributed by atoms with Gasteiger partial charge in [-0.15, -0.1) is 0 Å². The molecule has 0 unspecified atom stereocenters. The number of alkyl halides is 3. The van der Waals surface area contributed by atoms with Crippen LogP contribution < -0.4 is 5.32 Å². The molecule has 0 bridgehead atoms. The molecule has 0 aliphatic heterocycles. The van der Waals surface area contributed by atoms with Crippen molar-refractivity contribution in [3.63, 3.8) is 0 Å². The molecule has 25 heavy (non-hydrogen) atoms. The van der Waals surface area contributed by atoms with Gasteiger partial charge >= 0.3 is 18.1 Å². The van der Waals surface area contributed by atoms with E-state index in [1.54, 1.807) is 31.2 Å². The number of aromatic nitrogens is 2. The summed E-state index contributed by atoms with van der Waals surface area (Å²) in [7, 11) is 0. The quantitative estimate of drug-likeness (QED) is 0.834. The van der Waals surface area contributed by atoms with Gasteiger partial charge in [0.1, 0.15) is 6.54 Å². The fourth-order valence-corrected chi connectivity index (χ4v) is 1.99. The Hall–Kier alpha value is -3.09. The minimum absolute atomic E-state index is 0.0896. The molecular weight excluding hydrogens is 339 g/mol. The van der Waals surface area contributed by atoms with Gasteiger partial charge in [0.2, 0.25) is 5.82 Å². The number of carbonyl (C=O) groups is 1. The van der Waals surface area contributed by atoms with Crippen LogP contribution in [0.4, 0.5) is 18.0 Å². The van der Waals surface area contributed by atoms with Crippen LogP contribution in [0.5, 0.6) is 0 Å². The van der Waals surface area contributed by atoms with Crippen molar-refractivity contribution >= 4 is 6.03 Å². The van der Waals surface area contributed by atoms with Gasteiger partial charge in [0.25, 0.3) is 0 Å². The van der Waals surface area contributed by atoms with E-state index < -0.39 is 12.1 Å². The first kappa shape index (κ1) is 18.3. The monoisotopic (exact) mass is 353 g/mol. The Morgan fingerprint density at radius 3 is 2.56 bits per heavy atom. The smallest absolute Gasteiger partial charge is 0.329 e. The predicted molar refractivity (Wildman–Crippen MR) is 79.8 cm³/mol. The highest BCUT2D eigenvalue weighted by atomic mass is 19.4. The molecular formula is C15H14F3N5O2. The van der Waals surface area contributed by atoms with Gasteiger partial charge in [-0.05, 0) is 12.5 Å². The summed E-state index contributed by atoms with van der Waals surface area (Å²) in [5.74, 6) is -1.57. The third-order valence-corrected chi connectivity index (χ3v) is 3.24. The highest BCUT2D eigenvalue weighted by Gasteiger charge is 2.38. The molecule has 7 nitrogen and oxygen atoms in total. The molecule has 0 saturated carbocycles. The average Bonchev–Trinajstić information content (AvgIpc) is 3.08. The maximum absolute atomic E-state index is 12.5. The van der Waals surface area contributed by atoms with E-state index in [9.17, 15) is 18.0 Å². The van der Waals surface area contributed by atoms with E-state index in [1.165, 1.54) is 4.90 Å². The van der Waals surface area contributed by atoms with Crippen LogP contribution in [0.1, 0.15) is 18.4 Å². The van der Waals surface area contributed by atoms with Crippen LogP contribution in [0, 0.1) is 11.3 Å². The molecule has 1 aromatic heterocycles. The van der Waals surface area contributed by atoms with E-state index in [-0.39, 0.29) is 24.9 Å². The van der Waals surface area contributed by atoms with E-state index in [0.29, 0.717) is 12.1 Å². The first-order valence-corrected chi connectivity index (χ1v) is 7.25. The Bertz CT molecular complexity index is 765. The van der Waals surface area contributed by atoms with Gasteiger partial charge < -0.3 is 14.7 Å². The molecule has 0 fully saturated rings. The number of carbonyl (C=O) groups excluding carboxylic acids is 1. The third kappa shape index (κ3) is 4.69. The molecule has 1 aromatic carbocycles. The normalized spacial score (nSPS) is 11.0. The zero-order chi connectivity index (χ0) is 18.4. The summed E-state index contributed by atoms with van der Waals surface area (Å²) in [5.41, 5.74) is 1.12. The van der Waals surface area contributed by atoms with Crippen molar-refractivity contribution < 1.29 is 22.5 Å². The fraction of sp³-hybridized carbons (Fsp3) is 0.333. The van der Waals surface area contributed by atoms with Crippen LogP contribution in [0.15, 0.2) is 28.8 Å². The third-order valence-electron chi connectivity index (χ3n) is 3.24. The molecule has 0 atom stereocenters. The van der Waals surface area contributed by atoms with Gasteiger partial charge in [-0.1, -0.05) is 29.4 Å². The van der Waals surface area contributed by atoms with Gasteiger partial charge in [-0.3, -0.25) is 0 Å². The molecule has 132 valence electrons. The Morgan fingerprint density at radius 2 is 2.04 bits per heavy atom. The van der Waals surface area contributed by atoms with Crippen LogP contribution in [-0.2, 0) is 12.7 Å². The second-order valence-corrected chi connectivity index (χ2v) is 4.95. The molecule has 2 rings (SSSR count). The molecule has 1 heterocycles. The van der Waals surface area contributed by atoms with E-state index >= 15 is 0 Å². The summed E-state index contributed by atoms with van der Waals surface area (Å²) < 4.78 is 41.6. The van der Waals surface area contributed by atoms with Crippen molar-refractivity contribution in [3.8, 4) is 17.5 Å². The van der Waals surface area contributed by atoms with Gasteiger partial charge in [-0.25, -0.2) is 4.79 Å². The van der Waals surface area contributed by atoms with E-state index in [1.807, 2.05) is 6.07 Å². The van der Waals surface area contributed by atoms with Crippen molar-refractivity contribution in [3.05, 3.63) is 35.7 Å². The van der Waals surface area contributed by atoms with Crippen molar-refractivity contribution in [1.29, 1.82) is 5.26 Å². The lowest BCUT2D eigenvalue weighted by Crippen LogP contribution is -2.39. The summed E-state index contributed by atoms with van der Waals surface area (Å²) >= 11 is 0. The van der Waals surface area contributed by atoms with E-state index in [4.69, 9.17) is 5.26 Å². The highest BCUT2D eigenvalue weighted by Crippen LogP contribution is 2.29. The largest absolute Gasteiger partial charge is 0.471 e. The molecule has 2 aromatic rings. The van der Waals surface area contributed by atoms with Crippen molar-refractivity contribution in [2.24, 2.45) is 0 Å². The number of nitrogens with zero attached hydrogens (tertiary/aromatic N) is 4. The topological polar surface area (TPSA) is 95.1 Å². The zero-order valence-electron chi connectivity index (χ0n) is 13.2. The number of urea groups is 1. The Morgan fingerprint density at radius 1 is 1.36 bits per heavy atom. The minimum Gasteiger partial charge on any atom is -0.329 e. The standard InChI is InChI=1S/C15H14F3N5O2/c1-2-23(14(24)20-8-7-19)9-10-3-5-11(6-4-10)12-21-13(25-22-12)15(16,17)18/h3-6H,2,8-9H2,1H3,(H,20,24). The molecule has 0 radical (unpaired) electrons. The van der Waals surface area contributed by atoms with Crippen molar-refractivity contribution in [1.82, 2.24) is 20.4 Å². The zero-order valence-corrected chi connectivity index (χ0v) is 13.2. The molecule has 0 spiro atoms. The Kier molecular flexibility index (Phi) is 5.59. The average molecular weight is 353 g/mol. The first-order valence-electron chi connectivity index (χ1n) is 7.25. The lowest BCUT2D eigenvalue weighted by molar-refractivity contribution is -0.159. The Balaban J connectivity index is 2.08. The summed E-state index contributed by atoms with van der Waals surface area (Å²) in [6.45, 7) is 2.42. The second-order valence-electron chi connectivity index (χ2n) is 4.95. The summed E-state index contributed by atoms with van der Waals surface area (Å²) in [5, 5.41) is 14.2. The van der Waals surface area contributed by atoms with Gasteiger partial charge in [0, 0.05) is 18.7 Å². The number of nitrogens with one attached hydrogen (secondary N) is 1. The predicted octanol–water partition coefficient (Wildman–Crippen LogP) is 2.81. The lowest BCUT2D eigenvalue weighted by atomic mass is 10.1. The van der Waals surface area contributed by atoms with Crippen LogP contribution in [0.3, 0.4) is 0 Å². The number of halogens is 3. The molecule has 1 N–H and O–H groups in total. The molecule has 10 heteroatoms. The van der Waals surface area contributed by atoms with Gasteiger partial charge in [0.05, 0.1) is 6.07 Å². The van der Waals surface area contributed by atoms with Gasteiger partial charge in [0.15, 0.2) is 0 Å². The summed E-state index contributed by atoms with van der Waals surface area (Å²) in [4.78, 5) is 16.6. The summed E-state index contributed by atoms with van der Waals surface area (Å²) in [6.07, 6.45) is -4.69. The molecule has 0 aliphatic rings. The maximum Gasteiger partial charge on any atom is 0.471 e. The molecule has 0 saturated heterocycles. The number of benzene rings is 1. The molecule has 2 amide bonds. The number of hydrogen-bond donors (Lipinski definition) is 1. The van der Waals surface area contributed by atoms with Gasteiger partial charge in [-0.2, -0.15) is 23.4 Å². The van der Waals surface area contributed by atoms with E-state index in [2.05, 4.69) is 20.0 Å². The maximum atomic E-state index is 12.5. The van der Waals surface area contributed by atoms with Crippen LogP contribution in [0.2, 0.25) is 0 Å². The minimum atomic E-state index is -4.69. The van der Waals surface area contributed by atoms with Crippen molar-refractivity contribution in [2.45, 2.75) is 19.6 Å². The van der Waals surface area contributed by atoms with Crippen molar-refractivity contribution in [2.75, 3.05) is 13.1 Å². The lowest BCUT2D eigenvalue weighted by Gasteiger charge is -2.20. The second kappa shape index (κ2) is 7.65. The fourth-order valence-electron chi connectivity index (χ4n) is 1.99. The number of amides is 2. The Labute approximate surface area is 141 Å². The summed E-state index contributed by atoms with van der Waals surface area (Å²) in [6, 6.07) is 7.83. The SMILES string of the molecule is CCN(Cc1ccc(-c2noc(C(F)(F)F)n2)cc1)C(=O)NCC#N. The highest BCUT2D eigenvalue weighted by molar-refractivity contribution is 5.74. The first-order chi connectivity index (χ1) is 11.8. The molecule has 0 aliphatic carbocycles. The van der Waals surface area contributed by atoms with Crippen LogP contribution in [-0.4, -0.2) is 34.2 Å².